The van der Waals surface area contributed by atoms with Crippen molar-refractivity contribution in [3.63, 3.8) is 0 Å². The number of rotatable bonds is 9. The van der Waals surface area contributed by atoms with E-state index >= 15 is 0 Å². The van der Waals surface area contributed by atoms with Crippen molar-refractivity contribution in [1.29, 1.82) is 0 Å². The molecule has 2 aromatic carbocycles. The van der Waals surface area contributed by atoms with Gasteiger partial charge in [-0.2, -0.15) is 0 Å². The SMILES string of the molecule is COc1ccc(OC)c(S(=O)(=O)NCC(c2cccs2)S(=O)(=O)c2ccc(F)cc2)c1. The molecule has 7 nitrogen and oxygen atoms in total. The zero-order valence-corrected chi connectivity index (χ0v) is 19.1. The average molecular weight is 486 g/mol. The van der Waals surface area contributed by atoms with Gasteiger partial charge in [-0.15, -0.1) is 11.3 Å². The van der Waals surface area contributed by atoms with Crippen LogP contribution in [0.15, 0.2) is 69.8 Å². The largest absolute Gasteiger partial charge is 0.497 e. The summed E-state index contributed by atoms with van der Waals surface area (Å²) in [6, 6.07) is 12.0. The van der Waals surface area contributed by atoms with E-state index in [4.69, 9.17) is 9.47 Å². The normalized spacial score (nSPS) is 13.0. The third-order valence-electron chi connectivity index (χ3n) is 4.50. The van der Waals surface area contributed by atoms with E-state index in [0.29, 0.717) is 10.6 Å². The van der Waals surface area contributed by atoms with Gasteiger partial charge in [-0.3, -0.25) is 0 Å². The Morgan fingerprint density at radius 3 is 2.29 bits per heavy atom. The lowest BCUT2D eigenvalue weighted by Gasteiger charge is -2.18. The minimum absolute atomic E-state index is 0.0855. The molecule has 3 aromatic rings. The number of sulfonamides is 1. The van der Waals surface area contributed by atoms with Crippen LogP contribution in [0.2, 0.25) is 0 Å². The van der Waals surface area contributed by atoms with Gasteiger partial charge in [-0.1, -0.05) is 6.07 Å². The molecule has 31 heavy (non-hydrogen) atoms. The van der Waals surface area contributed by atoms with E-state index in [2.05, 4.69) is 4.72 Å². The Morgan fingerprint density at radius 2 is 1.71 bits per heavy atom. The van der Waals surface area contributed by atoms with Crippen molar-refractivity contribution >= 4 is 31.2 Å². The molecule has 1 atom stereocenters. The number of halogens is 1. The molecule has 0 amide bonds. The highest BCUT2D eigenvalue weighted by Crippen LogP contribution is 2.33. The van der Waals surface area contributed by atoms with Crippen LogP contribution < -0.4 is 14.2 Å². The lowest BCUT2D eigenvalue weighted by molar-refractivity contribution is 0.392. The van der Waals surface area contributed by atoms with Gasteiger partial charge in [0, 0.05) is 17.5 Å². The molecule has 3 rings (SSSR count). The van der Waals surface area contributed by atoms with E-state index in [-0.39, 0.29) is 15.5 Å². The fourth-order valence-electron chi connectivity index (χ4n) is 2.88. The number of hydrogen-bond donors (Lipinski definition) is 1. The minimum Gasteiger partial charge on any atom is -0.497 e. The molecule has 0 saturated carbocycles. The Labute approximate surface area is 184 Å². The molecular formula is C20H20FNO6S3. The van der Waals surface area contributed by atoms with Crippen molar-refractivity contribution in [3.8, 4) is 11.5 Å². The molecule has 0 bridgehead atoms. The summed E-state index contributed by atoms with van der Waals surface area (Å²) in [5.41, 5.74) is 0. The average Bonchev–Trinajstić information content (AvgIpc) is 3.27. The maximum Gasteiger partial charge on any atom is 0.244 e. The summed E-state index contributed by atoms with van der Waals surface area (Å²) in [5.74, 6) is -0.185. The molecule has 0 radical (unpaired) electrons. The number of ether oxygens (including phenoxy) is 2. The first-order chi connectivity index (χ1) is 14.7. The molecule has 0 aliphatic rings. The third kappa shape index (κ3) is 5.06. The first-order valence-corrected chi connectivity index (χ1v) is 12.8. The second-order valence-electron chi connectivity index (χ2n) is 6.37. The summed E-state index contributed by atoms with van der Waals surface area (Å²) in [5, 5.41) is 0.492. The summed E-state index contributed by atoms with van der Waals surface area (Å²) >= 11 is 1.18. The van der Waals surface area contributed by atoms with Crippen LogP contribution in [0, 0.1) is 5.82 Å². The Kier molecular flexibility index (Phi) is 6.99. The van der Waals surface area contributed by atoms with Crippen LogP contribution in [-0.2, 0) is 19.9 Å². The number of thiophene rings is 1. The number of sulfone groups is 1. The van der Waals surface area contributed by atoms with Crippen LogP contribution in [-0.4, -0.2) is 37.6 Å². The van der Waals surface area contributed by atoms with Crippen molar-refractivity contribution in [3.05, 3.63) is 70.7 Å². The monoisotopic (exact) mass is 485 g/mol. The molecule has 0 aliphatic heterocycles. The second-order valence-corrected chi connectivity index (χ2v) is 11.2. The lowest BCUT2D eigenvalue weighted by Crippen LogP contribution is -2.32. The van der Waals surface area contributed by atoms with E-state index in [1.165, 1.54) is 37.7 Å². The van der Waals surface area contributed by atoms with Gasteiger partial charge in [0.2, 0.25) is 10.0 Å². The molecule has 166 valence electrons. The maximum atomic E-state index is 13.3. The molecular weight excluding hydrogens is 465 g/mol. The molecule has 0 saturated heterocycles. The number of methoxy groups -OCH3 is 2. The predicted molar refractivity (Wildman–Crippen MR) is 115 cm³/mol. The highest BCUT2D eigenvalue weighted by atomic mass is 32.2. The van der Waals surface area contributed by atoms with E-state index in [9.17, 15) is 21.2 Å². The Balaban J connectivity index is 1.96. The Hall–Kier alpha value is -2.47. The van der Waals surface area contributed by atoms with Gasteiger partial charge in [0.1, 0.15) is 27.5 Å². The fourth-order valence-corrected chi connectivity index (χ4v) is 7.00. The van der Waals surface area contributed by atoms with Gasteiger partial charge in [0.25, 0.3) is 0 Å². The molecule has 11 heteroatoms. The van der Waals surface area contributed by atoms with Crippen molar-refractivity contribution < 1.29 is 30.7 Å². The zero-order chi connectivity index (χ0) is 22.6. The van der Waals surface area contributed by atoms with Gasteiger partial charge < -0.3 is 9.47 Å². The lowest BCUT2D eigenvalue weighted by atomic mass is 10.3. The molecule has 0 fully saturated rings. The summed E-state index contributed by atoms with van der Waals surface area (Å²) in [6.45, 7) is -0.428. The van der Waals surface area contributed by atoms with Crippen LogP contribution in [0.1, 0.15) is 10.1 Å². The fraction of sp³-hybridized carbons (Fsp3) is 0.200. The van der Waals surface area contributed by atoms with Crippen molar-refractivity contribution in [2.75, 3.05) is 20.8 Å². The first-order valence-electron chi connectivity index (χ1n) is 8.93. The second kappa shape index (κ2) is 9.35. The molecule has 1 N–H and O–H groups in total. The predicted octanol–water partition coefficient (Wildman–Crippen LogP) is 3.40. The smallest absolute Gasteiger partial charge is 0.244 e. The standard InChI is InChI=1S/C20H20FNO6S3/c1-27-15-7-10-17(28-2)19(12-15)31(25,26)22-13-20(18-4-3-11-29-18)30(23,24)16-8-5-14(21)6-9-16/h3-12,20,22H,13H2,1-2H3. The van der Waals surface area contributed by atoms with Crippen LogP contribution in [0.3, 0.4) is 0 Å². The topological polar surface area (TPSA) is 98.8 Å². The third-order valence-corrected chi connectivity index (χ3v) is 9.18. The molecule has 1 aromatic heterocycles. The van der Waals surface area contributed by atoms with Crippen LogP contribution in [0.4, 0.5) is 4.39 Å². The highest BCUT2D eigenvalue weighted by molar-refractivity contribution is 7.92. The molecule has 0 aliphatic carbocycles. The molecule has 1 heterocycles. The van der Waals surface area contributed by atoms with Crippen molar-refractivity contribution in [2.45, 2.75) is 15.0 Å². The highest BCUT2D eigenvalue weighted by Gasteiger charge is 2.32. The summed E-state index contributed by atoms with van der Waals surface area (Å²) in [7, 11) is -5.43. The van der Waals surface area contributed by atoms with Gasteiger partial charge >= 0.3 is 0 Å². The van der Waals surface area contributed by atoms with Gasteiger partial charge in [0.15, 0.2) is 9.84 Å². The summed E-state index contributed by atoms with van der Waals surface area (Å²) < 4.78 is 78.2. The zero-order valence-electron chi connectivity index (χ0n) is 16.6. The molecule has 1 unspecified atom stereocenters. The summed E-state index contributed by atoms with van der Waals surface area (Å²) in [4.78, 5) is 0.161. The van der Waals surface area contributed by atoms with E-state index in [0.717, 1.165) is 24.3 Å². The van der Waals surface area contributed by atoms with Crippen molar-refractivity contribution in [2.24, 2.45) is 0 Å². The number of benzene rings is 2. The summed E-state index contributed by atoms with van der Waals surface area (Å²) in [6.07, 6.45) is 0. The van der Waals surface area contributed by atoms with Crippen molar-refractivity contribution in [1.82, 2.24) is 4.72 Å². The number of hydrogen-bond acceptors (Lipinski definition) is 7. The van der Waals surface area contributed by atoms with Gasteiger partial charge in [-0.05, 0) is 47.8 Å². The van der Waals surface area contributed by atoms with Crippen LogP contribution in [0.5, 0.6) is 11.5 Å². The number of nitrogens with one attached hydrogen (secondary N) is 1. The molecule has 0 spiro atoms. The first kappa shape index (κ1) is 23.2. The van der Waals surface area contributed by atoms with E-state index in [1.807, 2.05) is 0 Å². The van der Waals surface area contributed by atoms with E-state index < -0.39 is 37.5 Å². The minimum atomic E-state index is -4.15. The van der Waals surface area contributed by atoms with Crippen LogP contribution in [0.25, 0.3) is 0 Å². The van der Waals surface area contributed by atoms with Gasteiger partial charge in [0.05, 0.1) is 19.1 Å². The van der Waals surface area contributed by atoms with Gasteiger partial charge in [-0.25, -0.2) is 25.9 Å². The quantitative estimate of drug-likeness (QED) is 0.467. The van der Waals surface area contributed by atoms with E-state index in [1.54, 1.807) is 23.6 Å². The maximum absolute atomic E-state index is 13.3. The van der Waals surface area contributed by atoms with Crippen LogP contribution >= 0.6 is 11.3 Å². The Bertz CT molecular complexity index is 1240. The Morgan fingerprint density at radius 1 is 1.00 bits per heavy atom.